The van der Waals surface area contributed by atoms with Crippen LogP contribution in [0.3, 0.4) is 0 Å². The molecule has 0 bridgehead atoms. The van der Waals surface area contributed by atoms with Gasteiger partial charge in [-0.3, -0.25) is 19.4 Å². The van der Waals surface area contributed by atoms with E-state index in [0.717, 1.165) is 0 Å². The van der Waals surface area contributed by atoms with E-state index in [-0.39, 0.29) is 36.1 Å². The quantitative estimate of drug-likeness (QED) is 0.420. The summed E-state index contributed by atoms with van der Waals surface area (Å²) >= 11 is 0. The van der Waals surface area contributed by atoms with E-state index in [4.69, 9.17) is 5.73 Å². The topological polar surface area (TPSA) is 171 Å². The zero-order valence-corrected chi connectivity index (χ0v) is 18.4. The third-order valence-electron chi connectivity index (χ3n) is 7.10. The fourth-order valence-electron chi connectivity index (χ4n) is 5.45. The highest BCUT2D eigenvalue weighted by atomic mass is 16.3. The van der Waals surface area contributed by atoms with Crippen molar-refractivity contribution < 1.29 is 34.8 Å². The fourth-order valence-corrected chi connectivity index (χ4v) is 5.45. The second-order valence-electron chi connectivity index (χ2n) is 9.02. The molecule has 3 aliphatic rings. The van der Waals surface area contributed by atoms with Crippen LogP contribution in [0, 0.1) is 11.8 Å². The van der Waals surface area contributed by atoms with E-state index in [1.54, 1.807) is 30.5 Å². The Kier molecular flexibility index (Phi) is 5.10. The zero-order valence-electron chi connectivity index (χ0n) is 18.4. The first-order valence-electron chi connectivity index (χ1n) is 11.1. The molecule has 1 aromatic carbocycles. The van der Waals surface area contributed by atoms with Gasteiger partial charge in [-0.05, 0) is 54.2 Å². The smallest absolute Gasteiger partial charge is 0.255 e. The summed E-state index contributed by atoms with van der Waals surface area (Å²) in [6, 6.07) is 8.53. The largest absolute Gasteiger partial charge is 0.508 e. The summed E-state index contributed by atoms with van der Waals surface area (Å²) in [5.41, 5.74) is 3.71. The van der Waals surface area contributed by atoms with Crippen molar-refractivity contribution >= 4 is 35.4 Å². The zero-order chi connectivity index (χ0) is 25.1. The van der Waals surface area contributed by atoms with E-state index in [9.17, 15) is 34.8 Å². The number of carbonyl (C=O) groups is 3. The predicted molar refractivity (Wildman–Crippen MR) is 125 cm³/mol. The first-order valence-corrected chi connectivity index (χ1v) is 11.1. The molecule has 9 heteroatoms. The number of Topliss-reactive ketones (excluding diaryl/α,β-unsaturated/α-hetero) is 2. The first-order chi connectivity index (χ1) is 16.6. The Morgan fingerprint density at radius 3 is 2.54 bits per heavy atom. The van der Waals surface area contributed by atoms with E-state index in [0.29, 0.717) is 16.8 Å². The Morgan fingerprint density at radius 2 is 1.86 bits per heavy atom. The van der Waals surface area contributed by atoms with Crippen molar-refractivity contribution in [3.63, 3.8) is 0 Å². The number of benzene rings is 1. The van der Waals surface area contributed by atoms with Gasteiger partial charge in [-0.15, -0.1) is 0 Å². The van der Waals surface area contributed by atoms with Crippen molar-refractivity contribution in [1.29, 1.82) is 0 Å². The van der Waals surface area contributed by atoms with Gasteiger partial charge in [-0.1, -0.05) is 18.2 Å². The van der Waals surface area contributed by atoms with Crippen molar-refractivity contribution in [2.45, 2.75) is 24.9 Å². The summed E-state index contributed by atoms with van der Waals surface area (Å²) in [5.74, 6) is -6.44. The Bertz CT molecular complexity index is 1390. The maximum atomic E-state index is 13.5. The minimum absolute atomic E-state index is 0.0558. The SMILES string of the molecule is NC(=O)C1=C(O)[C@@]2(O)C(=O)C3=C(O)c4c(O)ccc(/C=C/c5ccccn5)c4C[C@H]3C[C@H]2CC1=O. The number of hydrogen-bond acceptors (Lipinski definition) is 8. The lowest BCUT2D eigenvalue weighted by molar-refractivity contribution is -0.147. The van der Waals surface area contributed by atoms with Gasteiger partial charge in [0, 0.05) is 24.1 Å². The van der Waals surface area contributed by atoms with Crippen LogP contribution in [0.2, 0.25) is 0 Å². The molecule has 0 unspecified atom stereocenters. The molecular weight excluding hydrogens is 452 g/mol. The van der Waals surface area contributed by atoms with Crippen LogP contribution in [0.25, 0.3) is 17.9 Å². The van der Waals surface area contributed by atoms with Crippen molar-refractivity contribution in [2.75, 3.05) is 0 Å². The van der Waals surface area contributed by atoms with Gasteiger partial charge in [0.2, 0.25) is 5.78 Å². The Balaban J connectivity index is 1.64. The normalized spacial score (nSPS) is 26.0. The van der Waals surface area contributed by atoms with E-state index in [1.807, 2.05) is 12.1 Å². The van der Waals surface area contributed by atoms with Crippen LogP contribution < -0.4 is 5.73 Å². The predicted octanol–water partition coefficient (Wildman–Crippen LogP) is 1.99. The standard InChI is InChI=1S/C26H22N2O7/c27-25(34)21-18(30)11-14-9-13-10-16-12(4-6-15-3-1-2-8-28-15)5-7-17(29)20(16)22(31)19(13)23(32)26(14,35)24(21)33/h1-8,13-14,29,31,33,35H,9-11H2,(H2,27,34)/b6-4+/t13-,14+,26+/m1/s1. The molecule has 6 N–H and O–H groups in total. The van der Waals surface area contributed by atoms with Crippen molar-refractivity contribution in [3.8, 4) is 5.75 Å². The van der Waals surface area contributed by atoms with E-state index >= 15 is 0 Å². The molecule has 0 radical (unpaired) electrons. The number of aliphatic hydroxyl groups excluding tert-OH is 2. The molecule has 0 spiro atoms. The first kappa shape index (κ1) is 22.5. The average Bonchev–Trinajstić information content (AvgIpc) is 2.81. The Morgan fingerprint density at radius 1 is 1.09 bits per heavy atom. The number of phenols is 1. The van der Waals surface area contributed by atoms with Crippen LogP contribution in [0.4, 0.5) is 0 Å². The molecule has 0 saturated heterocycles. The van der Waals surface area contributed by atoms with E-state index in [1.165, 1.54) is 6.07 Å². The molecule has 3 atom stereocenters. The number of aromatic hydroxyl groups is 1. The molecule has 1 saturated carbocycles. The van der Waals surface area contributed by atoms with Crippen molar-refractivity contribution in [3.05, 3.63) is 75.8 Å². The molecule has 1 amide bonds. The Hall–Kier alpha value is -4.24. The number of aromatic nitrogens is 1. The van der Waals surface area contributed by atoms with Gasteiger partial charge < -0.3 is 26.2 Å². The van der Waals surface area contributed by atoms with Crippen LogP contribution in [0.1, 0.15) is 35.2 Å². The molecule has 3 aliphatic carbocycles. The van der Waals surface area contributed by atoms with Gasteiger partial charge in [0.1, 0.15) is 22.8 Å². The molecule has 5 rings (SSSR count). The molecule has 9 nitrogen and oxygen atoms in total. The second-order valence-corrected chi connectivity index (χ2v) is 9.02. The summed E-state index contributed by atoms with van der Waals surface area (Å²) in [4.78, 5) is 41.9. The maximum Gasteiger partial charge on any atom is 0.255 e. The number of amides is 1. The number of carbonyl (C=O) groups excluding carboxylic acids is 3. The molecule has 2 aromatic rings. The lowest BCUT2D eigenvalue weighted by atomic mass is 9.59. The molecular formula is C26H22N2O7. The summed E-state index contributed by atoms with van der Waals surface area (Å²) in [6.45, 7) is 0. The minimum Gasteiger partial charge on any atom is -0.508 e. The van der Waals surface area contributed by atoms with Crippen LogP contribution in [0.5, 0.6) is 5.75 Å². The number of hydrogen-bond donors (Lipinski definition) is 5. The summed E-state index contributed by atoms with van der Waals surface area (Å²) in [6.07, 6.45) is 5.20. The lowest BCUT2D eigenvalue weighted by Crippen LogP contribution is -2.58. The average molecular weight is 474 g/mol. The van der Waals surface area contributed by atoms with Gasteiger partial charge >= 0.3 is 0 Å². The third-order valence-corrected chi connectivity index (χ3v) is 7.10. The van der Waals surface area contributed by atoms with Gasteiger partial charge in [-0.25, -0.2) is 0 Å². The fraction of sp³-hybridized carbons (Fsp3) is 0.231. The van der Waals surface area contributed by atoms with Gasteiger partial charge in [0.25, 0.3) is 5.91 Å². The Labute approximate surface area is 199 Å². The molecule has 1 aromatic heterocycles. The molecule has 35 heavy (non-hydrogen) atoms. The number of aliphatic hydroxyl groups is 3. The lowest BCUT2D eigenvalue weighted by Gasteiger charge is -2.46. The molecule has 1 fully saturated rings. The number of phenolic OH excluding ortho intramolecular Hbond substituents is 1. The number of nitrogens with two attached hydrogens (primary N) is 1. The second kappa shape index (κ2) is 7.92. The number of ketones is 2. The van der Waals surface area contributed by atoms with E-state index in [2.05, 4.69) is 4.98 Å². The highest BCUT2D eigenvalue weighted by molar-refractivity contribution is 6.22. The van der Waals surface area contributed by atoms with Gasteiger partial charge in [-0.2, -0.15) is 0 Å². The maximum absolute atomic E-state index is 13.5. The number of rotatable bonds is 3. The molecule has 1 heterocycles. The number of fused-ring (bicyclic) bond motifs is 3. The third kappa shape index (κ3) is 3.27. The monoisotopic (exact) mass is 474 g/mol. The van der Waals surface area contributed by atoms with E-state index < -0.39 is 52.0 Å². The summed E-state index contributed by atoms with van der Waals surface area (Å²) in [7, 11) is 0. The minimum atomic E-state index is -2.57. The van der Waals surface area contributed by atoms with Gasteiger partial charge in [0.15, 0.2) is 11.4 Å². The molecule has 178 valence electrons. The highest BCUT2D eigenvalue weighted by Crippen LogP contribution is 2.52. The van der Waals surface area contributed by atoms with Crippen molar-refractivity contribution in [1.82, 2.24) is 4.98 Å². The van der Waals surface area contributed by atoms with Gasteiger partial charge in [0.05, 0.1) is 11.3 Å². The van der Waals surface area contributed by atoms with Crippen LogP contribution in [-0.2, 0) is 20.8 Å². The highest BCUT2D eigenvalue weighted by Gasteiger charge is 2.60. The number of primary amides is 1. The number of nitrogens with zero attached hydrogens (tertiary/aromatic N) is 1. The summed E-state index contributed by atoms with van der Waals surface area (Å²) in [5, 5.41) is 43.5. The van der Waals surface area contributed by atoms with Crippen LogP contribution in [0.15, 0.2) is 53.4 Å². The van der Waals surface area contributed by atoms with Crippen LogP contribution in [-0.4, -0.2) is 48.5 Å². The summed E-state index contributed by atoms with van der Waals surface area (Å²) < 4.78 is 0. The molecule has 0 aliphatic heterocycles. The van der Waals surface area contributed by atoms with Crippen molar-refractivity contribution in [2.24, 2.45) is 17.6 Å². The number of pyridine rings is 1. The van der Waals surface area contributed by atoms with Crippen LogP contribution >= 0.6 is 0 Å².